The van der Waals surface area contributed by atoms with Crippen LogP contribution >= 0.6 is 0 Å². The largest absolute Gasteiger partial charge is 0.478 e. The molecule has 4 heteroatoms. The second kappa shape index (κ2) is 5.74. The van der Waals surface area contributed by atoms with E-state index in [1.54, 1.807) is 0 Å². The molecule has 0 aliphatic carbocycles. The van der Waals surface area contributed by atoms with Gasteiger partial charge in [-0.1, -0.05) is 18.2 Å². The molecule has 104 valence electrons. The van der Waals surface area contributed by atoms with Gasteiger partial charge in [0.2, 0.25) is 0 Å². The smallest absolute Gasteiger partial charge is 0.335 e. The van der Waals surface area contributed by atoms with Crippen molar-refractivity contribution in [3.05, 3.63) is 64.5 Å². The molecule has 0 unspecified atom stereocenters. The van der Waals surface area contributed by atoms with Crippen LogP contribution in [0.1, 0.15) is 27.0 Å². The SMILES string of the molecule is Cc1cccc(C)c1NCc1cc(C(=O)O)ccc1F. The molecule has 2 aromatic carbocycles. The Labute approximate surface area is 117 Å². The van der Waals surface area contributed by atoms with Gasteiger partial charge in [0.15, 0.2) is 0 Å². The number of hydrogen-bond donors (Lipinski definition) is 2. The number of benzene rings is 2. The Kier molecular flexibility index (Phi) is 4.03. The maximum absolute atomic E-state index is 13.7. The highest BCUT2D eigenvalue weighted by atomic mass is 19.1. The number of aryl methyl sites for hydroxylation is 2. The number of halogens is 1. The van der Waals surface area contributed by atoms with Gasteiger partial charge in [-0.3, -0.25) is 0 Å². The van der Waals surface area contributed by atoms with Gasteiger partial charge < -0.3 is 10.4 Å². The second-order valence-corrected chi connectivity index (χ2v) is 4.73. The molecule has 0 bridgehead atoms. The van der Waals surface area contributed by atoms with Gasteiger partial charge in [-0.25, -0.2) is 9.18 Å². The third-order valence-corrected chi connectivity index (χ3v) is 3.23. The first-order chi connectivity index (χ1) is 9.49. The van der Waals surface area contributed by atoms with E-state index in [4.69, 9.17) is 5.11 Å². The van der Waals surface area contributed by atoms with Crippen LogP contribution in [0.5, 0.6) is 0 Å². The minimum absolute atomic E-state index is 0.0877. The lowest BCUT2D eigenvalue weighted by Crippen LogP contribution is -2.06. The monoisotopic (exact) mass is 273 g/mol. The maximum Gasteiger partial charge on any atom is 0.335 e. The van der Waals surface area contributed by atoms with Crippen molar-refractivity contribution < 1.29 is 14.3 Å². The minimum Gasteiger partial charge on any atom is -0.478 e. The molecule has 0 aliphatic rings. The average Bonchev–Trinajstić information content (AvgIpc) is 2.39. The molecule has 2 N–H and O–H groups in total. The molecule has 0 aliphatic heterocycles. The van der Waals surface area contributed by atoms with Crippen molar-refractivity contribution in [3.8, 4) is 0 Å². The lowest BCUT2D eigenvalue weighted by atomic mass is 10.1. The molecule has 0 atom stereocenters. The molecule has 0 spiro atoms. The number of aromatic carboxylic acids is 1. The number of carboxylic acid groups (broad SMARTS) is 1. The predicted molar refractivity (Wildman–Crippen MR) is 76.6 cm³/mol. The molecule has 3 nitrogen and oxygen atoms in total. The number of rotatable bonds is 4. The molecule has 0 saturated heterocycles. The van der Waals surface area contributed by atoms with E-state index in [2.05, 4.69) is 5.32 Å². The maximum atomic E-state index is 13.7. The fourth-order valence-electron chi connectivity index (χ4n) is 2.12. The first kappa shape index (κ1) is 14.1. The summed E-state index contributed by atoms with van der Waals surface area (Å²) in [6.45, 7) is 4.19. The quantitative estimate of drug-likeness (QED) is 0.891. The van der Waals surface area contributed by atoms with Crippen LogP contribution in [-0.4, -0.2) is 11.1 Å². The number of para-hydroxylation sites is 1. The van der Waals surface area contributed by atoms with Crippen molar-refractivity contribution in [1.82, 2.24) is 0 Å². The zero-order valence-corrected chi connectivity index (χ0v) is 11.4. The Morgan fingerprint density at radius 2 is 1.85 bits per heavy atom. The highest BCUT2D eigenvalue weighted by Crippen LogP contribution is 2.21. The van der Waals surface area contributed by atoms with Crippen LogP contribution in [0.4, 0.5) is 10.1 Å². The molecule has 20 heavy (non-hydrogen) atoms. The van der Waals surface area contributed by atoms with Crippen LogP contribution in [0.15, 0.2) is 36.4 Å². The molecule has 0 fully saturated rings. The Hall–Kier alpha value is -2.36. The summed E-state index contributed by atoms with van der Waals surface area (Å²) < 4.78 is 13.7. The van der Waals surface area contributed by atoms with E-state index in [0.717, 1.165) is 16.8 Å². The molecule has 0 saturated carbocycles. The van der Waals surface area contributed by atoms with Crippen LogP contribution in [0.25, 0.3) is 0 Å². The third kappa shape index (κ3) is 2.96. The highest BCUT2D eigenvalue weighted by Gasteiger charge is 2.09. The lowest BCUT2D eigenvalue weighted by Gasteiger charge is -2.13. The van der Waals surface area contributed by atoms with E-state index in [-0.39, 0.29) is 12.1 Å². The van der Waals surface area contributed by atoms with E-state index in [0.29, 0.717) is 5.56 Å². The summed E-state index contributed by atoms with van der Waals surface area (Å²) >= 11 is 0. The Morgan fingerprint density at radius 3 is 2.45 bits per heavy atom. The first-order valence-electron chi connectivity index (χ1n) is 6.31. The van der Waals surface area contributed by atoms with E-state index in [9.17, 15) is 9.18 Å². The lowest BCUT2D eigenvalue weighted by molar-refractivity contribution is 0.0696. The van der Waals surface area contributed by atoms with Crippen molar-refractivity contribution in [2.45, 2.75) is 20.4 Å². The first-order valence-corrected chi connectivity index (χ1v) is 6.31. The van der Waals surface area contributed by atoms with Gasteiger partial charge in [-0.05, 0) is 43.2 Å². The van der Waals surface area contributed by atoms with E-state index in [1.807, 2.05) is 32.0 Å². The molecule has 0 heterocycles. The van der Waals surface area contributed by atoms with Crippen LogP contribution in [0.2, 0.25) is 0 Å². The van der Waals surface area contributed by atoms with Crippen molar-refractivity contribution in [2.24, 2.45) is 0 Å². The Balaban J connectivity index is 2.23. The normalized spacial score (nSPS) is 10.3. The number of nitrogens with one attached hydrogen (secondary N) is 1. The van der Waals surface area contributed by atoms with E-state index >= 15 is 0 Å². The Bertz CT molecular complexity index is 633. The number of anilines is 1. The average molecular weight is 273 g/mol. The summed E-state index contributed by atoms with van der Waals surface area (Å²) in [4.78, 5) is 10.9. The zero-order valence-electron chi connectivity index (χ0n) is 11.4. The fourth-order valence-corrected chi connectivity index (χ4v) is 2.12. The zero-order chi connectivity index (χ0) is 14.7. The summed E-state index contributed by atoms with van der Waals surface area (Å²) in [5, 5.41) is 12.1. The summed E-state index contributed by atoms with van der Waals surface area (Å²) in [5.41, 5.74) is 3.52. The molecule has 0 amide bonds. The second-order valence-electron chi connectivity index (χ2n) is 4.73. The van der Waals surface area contributed by atoms with Crippen LogP contribution < -0.4 is 5.32 Å². The van der Waals surface area contributed by atoms with Crippen LogP contribution in [0.3, 0.4) is 0 Å². The molecule has 0 radical (unpaired) electrons. The fraction of sp³-hybridized carbons (Fsp3) is 0.188. The van der Waals surface area contributed by atoms with Gasteiger partial charge in [0.1, 0.15) is 5.82 Å². The van der Waals surface area contributed by atoms with Gasteiger partial charge in [0.25, 0.3) is 0 Å². The van der Waals surface area contributed by atoms with Crippen LogP contribution in [-0.2, 0) is 6.54 Å². The van der Waals surface area contributed by atoms with Gasteiger partial charge >= 0.3 is 5.97 Å². The van der Waals surface area contributed by atoms with Gasteiger partial charge in [-0.2, -0.15) is 0 Å². The Morgan fingerprint density at radius 1 is 1.20 bits per heavy atom. The molecule has 0 aromatic heterocycles. The summed E-state index contributed by atoms with van der Waals surface area (Å²) in [7, 11) is 0. The summed E-state index contributed by atoms with van der Waals surface area (Å²) in [6, 6.07) is 9.71. The van der Waals surface area contributed by atoms with Crippen molar-refractivity contribution >= 4 is 11.7 Å². The molecule has 2 rings (SSSR count). The van der Waals surface area contributed by atoms with E-state index < -0.39 is 11.8 Å². The van der Waals surface area contributed by atoms with E-state index in [1.165, 1.54) is 18.2 Å². The minimum atomic E-state index is -1.06. The third-order valence-electron chi connectivity index (χ3n) is 3.23. The summed E-state index contributed by atoms with van der Waals surface area (Å²) in [6.07, 6.45) is 0. The standard InChI is InChI=1S/C16H16FNO2/c1-10-4-3-5-11(2)15(10)18-9-13-8-12(16(19)20)6-7-14(13)17/h3-8,18H,9H2,1-2H3,(H,19,20). The van der Waals surface area contributed by atoms with Gasteiger partial charge in [0, 0.05) is 17.8 Å². The highest BCUT2D eigenvalue weighted by molar-refractivity contribution is 5.87. The van der Waals surface area contributed by atoms with Gasteiger partial charge in [-0.15, -0.1) is 0 Å². The number of hydrogen-bond acceptors (Lipinski definition) is 2. The van der Waals surface area contributed by atoms with Crippen molar-refractivity contribution in [3.63, 3.8) is 0 Å². The number of carboxylic acids is 1. The van der Waals surface area contributed by atoms with Crippen molar-refractivity contribution in [2.75, 3.05) is 5.32 Å². The molecular weight excluding hydrogens is 257 g/mol. The van der Waals surface area contributed by atoms with Crippen LogP contribution in [0, 0.1) is 19.7 Å². The summed E-state index contributed by atoms with van der Waals surface area (Å²) in [5.74, 6) is -1.47. The number of carbonyl (C=O) groups is 1. The predicted octanol–water partition coefficient (Wildman–Crippen LogP) is 3.75. The van der Waals surface area contributed by atoms with Crippen molar-refractivity contribution in [1.29, 1.82) is 0 Å². The molecule has 2 aromatic rings. The molecular formula is C16H16FNO2. The topological polar surface area (TPSA) is 49.3 Å². The van der Waals surface area contributed by atoms with Gasteiger partial charge in [0.05, 0.1) is 5.56 Å².